The van der Waals surface area contributed by atoms with Crippen LogP contribution in [0, 0.1) is 29.6 Å². The van der Waals surface area contributed by atoms with Crippen LogP contribution in [-0.4, -0.2) is 203 Å². The lowest BCUT2D eigenvalue weighted by Crippen LogP contribution is -2.59. The van der Waals surface area contributed by atoms with Gasteiger partial charge in [-0.25, -0.2) is 9.07 Å². The number of benzene rings is 1. The zero-order valence-corrected chi connectivity index (χ0v) is 47.8. The highest BCUT2D eigenvalue weighted by Gasteiger charge is 2.54. The summed E-state index contributed by atoms with van der Waals surface area (Å²) in [5.41, 5.74) is 4.46. The van der Waals surface area contributed by atoms with E-state index in [0.717, 1.165) is 24.3 Å². The van der Waals surface area contributed by atoms with E-state index in [1.54, 1.807) is 52.6 Å². The molecule has 432 valence electrons. The van der Waals surface area contributed by atoms with Gasteiger partial charge in [-0.15, -0.1) is 5.10 Å². The molecule has 5 fully saturated rings. The lowest BCUT2D eigenvalue weighted by Gasteiger charge is -2.48. The van der Waals surface area contributed by atoms with Crippen LogP contribution in [0.3, 0.4) is 0 Å². The van der Waals surface area contributed by atoms with Gasteiger partial charge in [-0.1, -0.05) is 38.1 Å². The minimum absolute atomic E-state index is 0.00991. The average Bonchev–Trinajstić information content (AvgIpc) is 3.71. The normalized spacial score (nSPS) is 42.0. The van der Waals surface area contributed by atoms with Gasteiger partial charge in [0.15, 0.2) is 12.6 Å². The molecule has 19 nitrogen and oxygen atoms in total. The van der Waals surface area contributed by atoms with Gasteiger partial charge in [0.25, 0.3) is 0 Å². The Hall–Kier alpha value is -2.96. The van der Waals surface area contributed by atoms with Crippen molar-refractivity contribution in [1.29, 1.82) is 0 Å². The van der Waals surface area contributed by atoms with E-state index in [1.165, 1.54) is 14.0 Å². The first-order chi connectivity index (χ1) is 35.8. The second-order valence-corrected chi connectivity index (χ2v) is 24.3. The van der Waals surface area contributed by atoms with Gasteiger partial charge in [-0.2, -0.15) is 0 Å². The van der Waals surface area contributed by atoms with Crippen molar-refractivity contribution in [1.82, 2.24) is 24.8 Å². The maximum absolute atomic E-state index is 15.0. The highest BCUT2D eigenvalue weighted by molar-refractivity contribution is 5.73. The molecule has 20 heteroatoms. The number of piperidine rings is 1. The first-order valence-electron chi connectivity index (χ1n) is 28.0. The van der Waals surface area contributed by atoms with Crippen molar-refractivity contribution < 1.29 is 62.8 Å². The predicted molar refractivity (Wildman–Crippen MR) is 284 cm³/mol. The summed E-state index contributed by atoms with van der Waals surface area (Å²) in [6, 6.07) is 7.17. The second-order valence-electron chi connectivity index (χ2n) is 24.3. The van der Waals surface area contributed by atoms with Crippen LogP contribution in [0.25, 0.3) is 0 Å². The molecule has 0 spiro atoms. The van der Waals surface area contributed by atoms with Crippen molar-refractivity contribution in [3.8, 4) is 0 Å². The standard InChI is InChI=1S/C56H94FN7O12/c1-15-44-56(10,69)50(65)35(6)62(12)27-31(2)24-54(8,68)52(33(4)48(34(5)53(67)74-44)75-46-25-55(9,71-14)51(66)36(7)73-46)76-45-23-40(22-32(3)72-45)61(11)21-20-38-28-64(60-59-38)43(26-57)49(70-13)37-16-18-39(19-17-37)63-29-41-42(30-63)47(41)58/h16-19,28,31-36,40-52,65-66,68-69H,15,20-27,29-30,58H2,1-14H3/t31-,32-,33+,34-,35-,36+,40+,41-,42+,43-,44-,45+,46+,47?,48+,49-,50-,51+,52-,54-,55-,56-/m1/s1. The summed E-state index contributed by atoms with van der Waals surface area (Å²) in [5, 5.41) is 56.5. The molecule has 1 aromatic carbocycles. The molecule has 1 saturated carbocycles. The van der Waals surface area contributed by atoms with Gasteiger partial charge < -0.3 is 74.0 Å². The van der Waals surface area contributed by atoms with E-state index in [0.29, 0.717) is 55.9 Å². The van der Waals surface area contributed by atoms with Gasteiger partial charge in [0.1, 0.15) is 42.7 Å². The highest BCUT2D eigenvalue weighted by atomic mass is 19.1. The van der Waals surface area contributed by atoms with E-state index in [2.05, 4.69) is 32.2 Å². The molecule has 7 rings (SSSR count). The highest BCUT2D eigenvalue weighted by Crippen LogP contribution is 2.46. The minimum atomic E-state index is -1.82. The Morgan fingerprint density at radius 2 is 1.61 bits per heavy atom. The van der Waals surface area contributed by atoms with Gasteiger partial charge in [0, 0.05) is 95.6 Å². The van der Waals surface area contributed by atoms with E-state index >= 15 is 0 Å². The third kappa shape index (κ3) is 13.3. The van der Waals surface area contributed by atoms with Crippen LogP contribution in [0.2, 0.25) is 0 Å². The molecule has 0 amide bonds. The molecular weight excluding hydrogens is 982 g/mol. The lowest BCUT2D eigenvalue weighted by molar-refractivity contribution is -0.308. The number of carbonyl (C=O) groups excluding carboxylic acids is 1. The average molecular weight is 1080 g/mol. The van der Waals surface area contributed by atoms with Gasteiger partial charge in [-0.05, 0) is 117 Å². The molecular formula is C56H94FN7O12. The van der Waals surface area contributed by atoms with Crippen molar-refractivity contribution in [2.24, 2.45) is 35.3 Å². The first-order valence-corrected chi connectivity index (χ1v) is 28.0. The molecule has 5 heterocycles. The number of fused-ring (bicyclic) bond motifs is 1. The summed E-state index contributed by atoms with van der Waals surface area (Å²) in [7, 11) is 7.02. The van der Waals surface area contributed by atoms with Gasteiger partial charge in [-0.3, -0.25) is 4.79 Å². The molecule has 1 aromatic heterocycles. The number of halogens is 1. The summed E-state index contributed by atoms with van der Waals surface area (Å²) in [6.07, 6.45) is -4.46. The van der Waals surface area contributed by atoms with E-state index in [-0.39, 0.29) is 37.3 Å². The monoisotopic (exact) mass is 1080 g/mol. The molecule has 76 heavy (non-hydrogen) atoms. The number of esters is 1. The molecule has 2 aromatic rings. The molecule has 0 radical (unpaired) electrons. The molecule has 0 bridgehead atoms. The van der Waals surface area contributed by atoms with E-state index in [4.69, 9.17) is 38.9 Å². The number of hydrogen-bond donors (Lipinski definition) is 5. The second kappa shape index (κ2) is 24.8. The zero-order chi connectivity index (χ0) is 55.8. The fraction of sp³-hybridized carbons (Fsp3) is 0.839. The van der Waals surface area contributed by atoms with Crippen molar-refractivity contribution in [2.75, 3.05) is 66.1 Å². The first kappa shape index (κ1) is 60.7. The van der Waals surface area contributed by atoms with E-state index < -0.39 is 109 Å². The number of nitrogens with zero attached hydrogens (tertiary/aromatic N) is 6. The van der Waals surface area contributed by atoms with Crippen molar-refractivity contribution in [3.63, 3.8) is 0 Å². The third-order valence-electron chi connectivity index (χ3n) is 18.3. The number of methoxy groups -OCH3 is 2. The number of nitrogens with two attached hydrogens (primary N) is 1. The van der Waals surface area contributed by atoms with Gasteiger partial charge in [0.2, 0.25) is 0 Å². The quantitative estimate of drug-likeness (QED) is 0.147. The number of ether oxygens (including phenoxy) is 7. The number of rotatable bonds is 16. The fourth-order valence-electron chi connectivity index (χ4n) is 13.1. The van der Waals surface area contributed by atoms with Crippen molar-refractivity contribution in [2.45, 2.75) is 210 Å². The largest absolute Gasteiger partial charge is 0.459 e. The van der Waals surface area contributed by atoms with Gasteiger partial charge >= 0.3 is 5.97 Å². The Bertz CT molecular complexity index is 2160. The van der Waals surface area contributed by atoms with Crippen molar-refractivity contribution in [3.05, 3.63) is 41.7 Å². The number of alkyl halides is 1. The summed E-state index contributed by atoms with van der Waals surface area (Å²) in [6.45, 7) is 20.2. The number of aliphatic hydroxyl groups excluding tert-OH is 2. The van der Waals surface area contributed by atoms with Crippen LogP contribution >= 0.6 is 0 Å². The Morgan fingerprint density at radius 3 is 2.22 bits per heavy atom. The summed E-state index contributed by atoms with van der Waals surface area (Å²) in [5.74, 6) is -1.42. The Balaban J connectivity index is 1.09. The number of hydrogen-bond acceptors (Lipinski definition) is 18. The van der Waals surface area contributed by atoms with Crippen LogP contribution in [-0.2, 0) is 44.4 Å². The maximum atomic E-state index is 15.0. The van der Waals surface area contributed by atoms with Crippen LogP contribution in [0.15, 0.2) is 30.5 Å². The Labute approximate surface area is 451 Å². The number of aromatic nitrogens is 3. The SMILES string of the molecule is CC[C@H]1OC(=O)[C@H](C)[C@@H](O[C@H]2C[C@@](C)(OC)[C@@H](O)[C@H](C)O2)[C@H](C)[C@@H](O[C@H]2C[C@@H](N(C)CCc3cn([C@H](CF)[C@H](OC)c4ccc(N5C[C@@H]6C(N)[C@@H]6C5)cc4)nn3)C[C@@H](C)O2)[C@](C)(O)C[C@@H](C)CN(C)[C@H](C)[C@@H](O)[C@]1(C)O. The van der Waals surface area contributed by atoms with Crippen LogP contribution in [0.1, 0.15) is 125 Å². The molecule has 1 unspecified atom stereocenters. The Kier molecular flexibility index (Phi) is 19.8. The zero-order valence-electron chi connectivity index (χ0n) is 47.8. The fourth-order valence-corrected chi connectivity index (χ4v) is 13.1. The topological polar surface area (TPSA) is 229 Å². The van der Waals surface area contributed by atoms with Crippen LogP contribution in [0.4, 0.5) is 10.1 Å². The minimum Gasteiger partial charge on any atom is -0.459 e. The van der Waals surface area contributed by atoms with Crippen LogP contribution in [0.5, 0.6) is 0 Å². The molecule has 4 saturated heterocycles. The van der Waals surface area contributed by atoms with E-state index in [1.807, 2.05) is 58.8 Å². The lowest BCUT2D eigenvalue weighted by atomic mass is 9.77. The summed E-state index contributed by atoms with van der Waals surface area (Å²) >= 11 is 0. The summed E-state index contributed by atoms with van der Waals surface area (Å²) < 4.78 is 61.2. The number of cyclic esters (lactones) is 1. The molecule has 5 aliphatic rings. The summed E-state index contributed by atoms with van der Waals surface area (Å²) in [4.78, 5) is 21.1. The maximum Gasteiger partial charge on any atom is 0.311 e. The predicted octanol–water partition coefficient (Wildman–Crippen LogP) is 4.43. The molecule has 22 atom stereocenters. The number of likely N-dealkylation sites (N-methyl/N-ethyl adjacent to an activating group) is 2. The van der Waals surface area contributed by atoms with Gasteiger partial charge in [0.05, 0.1) is 47.2 Å². The number of aliphatic hydroxyl groups is 4. The number of anilines is 1. The molecule has 4 aliphatic heterocycles. The smallest absolute Gasteiger partial charge is 0.311 e. The number of carbonyl (C=O) groups is 1. The van der Waals surface area contributed by atoms with Crippen molar-refractivity contribution >= 4 is 11.7 Å². The van der Waals surface area contributed by atoms with Crippen LogP contribution < -0.4 is 10.6 Å². The van der Waals surface area contributed by atoms with E-state index in [9.17, 15) is 29.6 Å². The third-order valence-corrected chi connectivity index (χ3v) is 18.3. The Morgan fingerprint density at radius 1 is 0.934 bits per heavy atom. The molecule has 1 aliphatic carbocycles. The molecule has 6 N–H and O–H groups in total.